The fourth-order valence-corrected chi connectivity index (χ4v) is 5.57. The van der Waals surface area contributed by atoms with Crippen molar-refractivity contribution in [3.05, 3.63) is 58.6 Å². The minimum atomic E-state index is -3.58. The molecule has 1 aliphatic rings. The first-order valence-electron chi connectivity index (χ1n) is 9.59. The second-order valence-corrected chi connectivity index (χ2v) is 10.3. The van der Waals surface area contributed by atoms with E-state index in [4.69, 9.17) is 0 Å². The largest absolute Gasteiger partial charge is 0.325 e. The lowest BCUT2D eigenvalue weighted by Crippen LogP contribution is -2.35. The van der Waals surface area contributed by atoms with Crippen LogP contribution in [0.25, 0.3) is 0 Å². The number of hydrogen-bond acceptors (Lipinski definition) is 6. The van der Waals surface area contributed by atoms with Gasteiger partial charge in [-0.2, -0.15) is 4.31 Å². The van der Waals surface area contributed by atoms with Gasteiger partial charge in [0.05, 0.1) is 15.1 Å². The number of carbonyl (C=O) groups excluding carboxylic acids is 1. The average Bonchev–Trinajstić information content (AvgIpc) is 2.75. The van der Waals surface area contributed by atoms with E-state index in [9.17, 15) is 23.3 Å². The number of amides is 1. The Hall–Kier alpha value is -2.43. The number of piperidine rings is 1. The molecule has 1 aliphatic heterocycles. The molecule has 10 heteroatoms. The van der Waals surface area contributed by atoms with Crippen molar-refractivity contribution in [1.29, 1.82) is 0 Å². The number of nitro benzene ring substituents is 1. The summed E-state index contributed by atoms with van der Waals surface area (Å²) in [6.07, 6.45) is 2.74. The maximum atomic E-state index is 12.8. The third-order valence-electron chi connectivity index (χ3n) is 4.78. The van der Waals surface area contributed by atoms with Gasteiger partial charge in [0.15, 0.2) is 0 Å². The van der Waals surface area contributed by atoms with Gasteiger partial charge >= 0.3 is 0 Å². The summed E-state index contributed by atoms with van der Waals surface area (Å²) in [4.78, 5) is 23.7. The third kappa shape index (κ3) is 5.38. The number of rotatable bonds is 7. The molecule has 1 saturated heterocycles. The second kappa shape index (κ2) is 9.59. The van der Waals surface area contributed by atoms with E-state index in [0.29, 0.717) is 18.8 Å². The first-order valence-corrected chi connectivity index (χ1v) is 11.9. The maximum Gasteiger partial charge on any atom is 0.269 e. The Labute approximate surface area is 179 Å². The number of thioether (sulfide) groups is 1. The van der Waals surface area contributed by atoms with Crippen LogP contribution in [0.3, 0.4) is 0 Å². The van der Waals surface area contributed by atoms with Crippen LogP contribution < -0.4 is 5.32 Å². The lowest BCUT2D eigenvalue weighted by Gasteiger charge is -2.26. The highest BCUT2D eigenvalue weighted by Crippen LogP contribution is 2.27. The Morgan fingerprint density at radius 1 is 1.13 bits per heavy atom. The summed E-state index contributed by atoms with van der Waals surface area (Å²) in [5.74, 6) is -0.286. The van der Waals surface area contributed by atoms with Crippen molar-refractivity contribution in [3.63, 3.8) is 0 Å². The molecule has 0 aliphatic carbocycles. The first kappa shape index (κ1) is 22.3. The highest BCUT2D eigenvalue weighted by atomic mass is 32.2. The minimum Gasteiger partial charge on any atom is -0.325 e. The van der Waals surface area contributed by atoms with E-state index in [2.05, 4.69) is 5.32 Å². The van der Waals surface area contributed by atoms with E-state index >= 15 is 0 Å². The van der Waals surface area contributed by atoms with E-state index in [1.807, 2.05) is 0 Å². The van der Waals surface area contributed by atoms with Crippen LogP contribution in [0.2, 0.25) is 0 Å². The number of carbonyl (C=O) groups is 1. The van der Waals surface area contributed by atoms with E-state index in [0.717, 1.165) is 24.2 Å². The summed E-state index contributed by atoms with van der Waals surface area (Å²) in [5, 5.41) is 13.0. The number of nitrogens with zero attached hydrogens (tertiary/aromatic N) is 2. The van der Waals surface area contributed by atoms with Crippen LogP contribution >= 0.6 is 11.8 Å². The molecular formula is C20H23N3O5S2. The van der Waals surface area contributed by atoms with Crippen LogP contribution in [0.4, 0.5) is 11.4 Å². The number of nitrogens with one attached hydrogen (secondary N) is 1. The molecule has 2 aromatic carbocycles. The van der Waals surface area contributed by atoms with Crippen molar-refractivity contribution >= 4 is 39.1 Å². The topological polar surface area (TPSA) is 110 Å². The van der Waals surface area contributed by atoms with E-state index in [1.54, 1.807) is 31.2 Å². The van der Waals surface area contributed by atoms with Gasteiger partial charge in [0.2, 0.25) is 15.9 Å². The summed E-state index contributed by atoms with van der Waals surface area (Å²) in [7, 11) is -3.58. The molecule has 1 heterocycles. The Morgan fingerprint density at radius 2 is 1.80 bits per heavy atom. The molecule has 1 unspecified atom stereocenters. The zero-order chi connectivity index (χ0) is 21.7. The molecule has 3 rings (SSSR count). The molecule has 2 aromatic rings. The molecule has 1 atom stereocenters. The summed E-state index contributed by atoms with van der Waals surface area (Å²) in [5.41, 5.74) is 0.400. The van der Waals surface area contributed by atoms with Gasteiger partial charge in [-0.05, 0) is 50.1 Å². The van der Waals surface area contributed by atoms with E-state index < -0.39 is 20.2 Å². The molecule has 30 heavy (non-hydrogen) atoms. The average molecular weight is 450 g/mol. The number of non-ortho nitro benzene ring substituents is 1. The third-order valence-corrected chi connectivity index (χ3v) is 7.79. The fourth-order valence-electron chi connectivity index (χ4n) is 3.14. The molecule has 1 amide bonds. The Morgan fingerprint density at radius 3 is 2.43 bits per heavy atom. The molecule has 8 nitrogen and oxygen atoms in total. The van der Waals surface area contributed by atoms with Gasteiger partial charge in [-0.1, -0.05) is 12.5 Å². The normalized spacial score (nSPS) is 16.0. The number of hydrogen-bond donors (Lipinski definition) is 1. The first-order chi connectivity index (χ1) is 14.3. The van der Waals surface area contributed by atoms with Gasteiger partial charge in [-0.15, -0.1) is 11.8 Å². The predicted octanol–water partition coefficient (Wildman–Crippen LogP) is 3.89. The standard InChI is InChI=1S/C20H23N3O5S2/c1-15(29-18-10-8-17(9-11-18)23(25)26)20(24)21-16-6-5-7-19(14-16)30(27,28)22-12-3-2-4-13-22/h5-11,14-15H,2-4,12-13H2,1H3,(H,21,24). The van der Waals surface area contributed by atoms with Crippen molar-refractivity contribution in [2.75, 3.05) is 18.4 Å². The number of nitro groups is 1. The molecule has 160 valence electrons. The van der Waals surface area contributed by atoms with Gasteiger partial charge in [-0.25, -0.2) is 8.42 Å². The lowest BCUT2D eigenvalue weighted by molar-refractivity contribution is -0.384. The van der Waals surface area contributed by atoms with Crippen molar-refractivity contribution in [2.45, 2.75) is 41.2 Å². The van der Waals surface area contributed by atoms with Gasteiger partial charge in [0, 0.05) is 35.8 Å². The van der Waals surface area contributed by atoms with Crippen LogP contribution in [-0.4, -0.2) is 41.9 Å². The number of benzene rings is 2. The molecule has 0 spiro atoms. The highest BCUT2D eigenvalue weighted by molar-refractivity contribution is 8.00. The van der Waals surface area contributed by atoms with Crippen LogP contribution in [0.1, 0.15) is 26.2 Å². The zero-order valence-corrected chi connectivity index (χ0v) is 18.1. The SMILES string of the molecule is CC(Sc1ccc([N+](=O)[O-])cc1)C(=O)Nc1cccc(S(=O)(=O)N2CCCCC2)c1. The van der Waals surface area contributed by atoms with Crippen molar-refractivity contribution in [2.24, 2.45) is 0 Å². The molecule has 1 N–H and O–H groups in total. The highest BCUT2D eigenvalue weighted by Gasteiger charge is 2.26. The summed E-state index contributed by atoms with van der Waals surface area (Å²) >= 11 is 1.26. The van der Waals surface area contributed by atoms with E-state index in [-0.39, 0.29) is 16.5 Å². The summed E-state index contributed by atoms with van der Waals surface area (Å²) in [6.45, 7) is 2.75. The molecule has 0 bridgehead atoms. The van der Waals surface area contributed by atoms with Crippen LogP contribution in [0, 0.1) is 10.1 Å². The van der Waals surface area contributed by atoms with E-state index in [1.165, 1.54) is 40.3 Å². The Kier molecular flexibility index (Phi) is 7.11. The molecule has 0 saturated carbocycles. The van der Waals surface area contributed by atoms with Crippen molar-refractivity contribution in [3.8, 4) is 0 Å². The zero-order valence-electron chi connectivity index (χ0n) is 16.5. The molecular weight excluding hydrogens is 426 g/mol. The van der Waals surface area contributed by atoms with Gasteiger partial charge in [0.25, 0.3) is 5.69 Å². The van der Waals surface area contributed by atoms with Crippen LogP contribution in [0.15, 0.2) is 58.3 Å². The molecule has 0 radical (unpaired) electrons. The maximum absolute atomic E-state index is 12.8. The number of sulfonamides is 1. The Balaban J connectivity index is 1.66. The number of anilines is 1. The molecule has 1 fully saturated rings. The monoisotopic (exact) mass is 449 g/mol. The smallest absolute Gasteiger partial charge is 0.269 e. The summed E-state index contributed by atoms with van der Waals surface area (Å²) < 4.78 is 27.2. The van der Waals surface area contributed by atoms with Crippen LogP contribution in [-0.2, 0) is 14.8 Å². The second-order valence-electron chi connectivity index (χ2n) is 6.99. The quantitative estimate of drug-likeness (QED) is 0.390. The van der Waals surface area contributed by atoms with Crippen molar-refractivity contribution < 1.29 is 18.1 Å². The summed E-state index contributed by atoms with van der Waals surface area (Å²) in [6, 6.07) is 12.2. The minimum absolute atomic E-state index is 0.0109. The molecule has 0 aromatic heterocycles. The lowest BCUT2D eigenvalue weighted by atomic mass is 10.2. The van der Waals surface area contributed by atoms with Gasteiger partial charge < -0.3 is 5.32 Å². The fraction of sp³-hybridized carbons (Fsp3) is 0.350. The van der Waals surface area contributed by atoms with Crippen LogP contribution in [0.5, 0.6) is 0 Å². The van der Waals surface area contributed by atoms with Crippen molar-refractivity contribution in [1.82, 2.24) is 4.31 Å². The predicted molar refractivity (Wildman–Crippen MR) is 116 cm³/mol. The Bertz CT molecular complexity index is 1020. The van der Waals surface area contributed by atoms with Gasteiger partial charge in [0.1, 0.15) is 0 Å². The van der Waals surface area contributed by atoms with Gasteiger partial charge in [-0.3, -0.25) is 14.9 Å².